The first-order chi connectivity index (χ1) is 9.11. The first-order valence-corrected chi connectivity index (χ1v) is 5.87. The van der Waals surface area contributed by atoms with Crippen molar-refractivity contribution in [3.05, 3.63) is 24.6 Å². The van der Waals surface area contributed by atoms with Crippen LogP contribution in [0.1, 0.15) is 13.3 Å². The summed E-state index contributed by atoms with van der Waals surface area (Å²) in [5.41, 5.74) is 1.95. The van der Waals surface area contributed by atoms with Gasteiger partial charge in [0.05, 0.1) is 6.61 Å². The second-order valence-corrected chi connectivity index (χ2v) is 3.94. The van der Waals surface area contributed by atoms with Crippen LogP contribution in [0.25, 0.3) is 11.1 Å². The van der Waals surface area contributed by atoms with E-state index in [9.17, 15) is 9.59 Å². The molecule has 2 aromatic rings. The molecule has 0 unspecified atom stereocenters. The van der Waals surface area contributed by atoms with Crippen LogP contribution in [-0.2, 0) is 14.3 Å². The first-order valence-electron chi connectivity index (χ1n) is 5.87. The van der Waals surface area contributed by atoms with Crippen molar-refractivity contribution in [2.75, 3.05) is 18.6 Å². The van der Waals surface area contributed by atoms with Crippen molar-refractivity contribution in [1.82, 2.24) is 4.98 Å². The summed E-state index contributed by atoms with van der Waals surface area (Å²) in [6.45, 7) is 1.96. The van der Waals surface area contributed by atoms with E-state index in [-0.39, 0.29) is 18.9 Å². The van der Waals surface area contributed by atoms with E-state index < -0.39 is 5.97 Å². The van der Waals surface area contributed by atoms with Gasteiger partial charge in [0.2, 0.25) is 5.91 Å². The van der Waals surface area contributed by atoms with Gasteiger partial charge in [-0.15, -0.1) is 0 Å². The predicted octanol–water partition coefficient (Wildman–Crippen LogP) is 1.74. The van der Waals surface area contributed by atoms with Gasteiger partial charge >= 0.3 is 5.97 Å². The molecular weight excluding hydrogens is 248 g/mol. The van der Waals surface area contributed by atoms with Crippen LogP contribution >= 0.6 is 0 Å². The van der Waals surface area contributed by atoms with Gasteiger partial charge in [-0.05, 0) is 19.1 Å². The standard InChI is InChI=1S/C13H14N2O4/c1-3-18-13(17)7-12(16)15(2)9-4-5-10-11(6-9)19-8-14-10/h4-6,8H,3,7H2,1-2H3. The minimum atomic E-state index is -0.528. The summed E-state index contributed by atoms with van der Waals surface area (Å²) in [7, 11) is 1.60. The summed E-state index contributed by atoms with van der Waals surface area (Å²) in [6.07, 6.45) is 1.06. The molecule has 19 heavy (non-hydrogen) atoms. The van der Waals surface area contributed by atoms with E-state index >= 15 is 0 Å². The van der Waals surface area contributed by atoms with E-state index in [0.717, 1.165) is 5.52 Å². The number of nitrogens with zero attached hydrogens (tertiary/aromatic N) is 2. The topological polar surface area (TPSA) is 72.6 Å². The zero-order valence-electron chi connectivity index (χ0n) is 10.8. The summed E-state index contributed by atoms with van der Waals surface area (Å²) >= 11 is 0. The minimum absolute atomic E-state index is 0.264. The van der Waals surface area contributed by atoms with E-state index in [1.165, 1.54) is 11.3 Å². The molecule has 0 N–H and O–H groups in total. The molecule has 0 aliphatic heterocycles. The Morgan fingerprint density at radius 3 is 2.95 bits per heavy atom. The zero-order chi connectivity index (χ0) is 13.8. The maximum atomic E-state index is 11.9. The van der Waals surface area contributed by atoms with Crippen molar-refractivity contribution in [3.63, 3.8) is 0 Å². The third-order valence-corrected chi connectivity index (χ3v) is 2.68. The van der Waals surface area contributed by atoms with Gasteiger partial charge in [0.25, 0.3) is 0 Å². The number of carbonyl (C=O) groups is 2. The molecular formula is C13H14N2O4. The number of hydrogen-bond acceptors (Lipinski definition) is 5. The molecule has 6 heteroatoms. The number of esters is 1. The van der Waals surface area contributed by atoms with Crippen LogP contribution in [-0.4, -0.2) is 30.5 Å². The summed E-state index contributed by atoms with van der Waals surface area (Å²) in [6, 6.07) is 5.20. The number of anilines is 1. The van der Waals surface area contributed by atoms with E-state index in [1.807, 2.05) is 0 Å². The van der Waals surface area contributed by atoms with Gasteiger partial charge in [0.15, 0.2) is 12.0 Å². The molecule has 1 aromatic heterocycles. The van der Waals surface area contributed by atoms with Crippen molar-refractivity contribution in [2.45, 2.75) is 13.3 Å². The molecule has 6 nitrogen and oxygen atoms in total. The lowest BCUT2D eigenvalue weighted by atomic mass is 10.2. The maximum Gasteiger partial charge on any atom is 0.315 e. The average molecular weight is 262 g/mol. The number of fused-ring (bicyclic) bond motifs is 1. The van der Waals surface area contributed by atoms with Crippen molar-refractivity contribution >= 4 is 28.7 Å². The Morgan fingerprint density at radius 2 is 2.21 bits per heavy atom. The third kappa shape index (κ3) is 2.90. The Labute approximate surface area is 110 Å². The Morgan fingerprint density at radius 1 is 1.42 bits per heavy atom. The van der Waals surface area contributed by atoms with Crippen LogP contribution in [0.2, 0.25) is 0 Å². The summed E-state index contributed by atoms with van der Waals surface area (Å²) in [5.74, 6) is -0.864. The highest BCUT2D eigenvalue weighted by atomic mass is 16.5. The van der Waals surface area contributed by atoms with E-state index in [2.05, 4.69) is 4.98 Å². The number of hydrogen-bond donors (Lipinski definition) is 0. The Hall–Kier alpha value is -2.37. The van der Waals surface area contributed by atoms with E-state index in [1.54, 1.807) is 32.2 Å². The van der Waals surface area contributed by atoms with Crippen LogP contribution in [0.15, 0.2) is 29.0 Å². The molecule has 0 saturated carbocycles. The smallest absolute Gasteiger partial charge is 0.315 e. The quantitative estimate of drug-likeness (QED) is 0.620. The lowest BCUT2D eigenvalue weighted by molar-refractivity contribution is -0.145. The summed E-state index contributed by atoms with van der Waals surface area (Å²) in [4.78, 5) is 28.5. The zero-order valence-corrected chi connectivity index (χ0v) is 10.8. The summed E-state index contributed by atoms with van der Waals surface area (Å²) < 4.78 is 9.91. The van der Waals surface area contributed by atoms with E-state index in [0.29, 0.717) is 11.3 Å². The van der Waals surface area contributed by atoms with Gasteiger partial charge in [-0.2, -0.15) is 0 Å². The third-order valence-electron chi connectivity index (χ3n) is 2.68. The lowest BCUT2D eigenvalue weighted by Gasteiger charge is -2.16. The van der Waals surface area contributed by atoms with Crippen molar-refractivity contribution < 1.29 is 18.7 Å². The highest BCUT2D eigenvalue weighted by molar-refractivity contribution is 6.03. The molecule has 0 bridgehead atoms. The van der Waals surface area contributed by atoms with Crippen LogP contribution in [0, 0.1) is 0 Å². The molecule has 0 fully saturated rings. The fraction of sp³-hybridized carbons (Fsp3) is 0.308. The molecule has 0 aliphatic rings. The lowest BCUT2D eigenvalue weighted by Crippen LogP contribution is -2.28. The second kappa shape index (κ2) is 5.51. The van der Waals surface area contributed by atoms with Crippen molar-refractivity contribution in [1.29, 1.82) is 0 Å². The highest BCUT2D eigenvalue weighted by Crippen LogP contribution is 2.20. The molecule has 0 saturated heterocycles. The Balaban J connectivity index is 2.11. The largest absolute Gasteiger partial charge is 0.466 e. The van der Waals surface area contributed by atoms with E-state index in [4.69, 9.17) is 9.15 Å². The molecule has 2 rings (SSSR count). The Kier molecular flexibility index (Phi) is 3.79. The minimum Gasteiger partial charge on any atom is -0.466 e. The molecule has 0 aliphatic carbocycles. The molecule has 0 radical (unpaired) electrons. The van der Waals surface area contributed by atoms with Crippen molar-refractivity contribution in [2.24, 2.45) is 0 Å². The van der Waals surface area contributed by atoms with Crippen LogP contribution in [0.4, 0.5) is 5.69 Å². The maximum absolute atomic E-state index is 11.9. The van der Waals surface area contributed by atoms with Gasteiger partial charge < -0.3 is 14.1 Å². The SMILES string of the molecule is CCOC(=O)CC(=O)N(C)c1ccc2ncoc2c1. The number of carbonyl (C=O) groups excluding carboxylic acids is 2. The second-order valence-electron chi connectivity index (χ2n) is 3.94. The molecule has 1 heterocycles. The average Bonchev–Trinajstić information content (AvgIpc) is 2.85. The summed E-state index contributed by atoms with van der Waals surface area (Å²) in [5, 5.41) is 0. The van der Waals surface area contributed by atoms with Gasteiger partial charge in [0.1, 0.15) is 11.9 Å². The van der Waals surface area contributed by atoms with Crippen LogP contribution in [0.5, 0.6) is 0 Å². The van der Waals surface area contributed by atoms with Gasteiger partial charge in [-0.3, -0.25) is 9.59 Å². The van der Waals surface area contributed by atoms with Crippen LogP contribution in [0.3, 0.4) is 0 Å². The number of amides is 1. The first kappa shape index (κ1) is 13.1. The molecule has 100 valence electrons. The predicted molar refractivity (Wildman–Crippen MR) is 68.7 cm³/mol. The number of ether oxygens (including phenoxy) is 1. The number of benzene rings is 1. The molecule has 0 spiro atoms. The fourth-order valence-corrected chi connectivity index (χ4v) is 1.65. The molecule has 1 aromatic carbocycles. The number of oxazole rings is 1. The Bertz CT molecular complexity index is 605. The van der Waals surface area contributed by atoms with Gasteiger partial charge in [-0.25, -0.2) is 4.98 Å². The van der Waals surface area contributed by atoms with Crippen LogP contribution < -0.4 is 4.90 Å². The molecule has 0 atom stereocenters. The normalized spacial score (nSPS) is 10.4. The highest BCUT2D eigenvalue weighted by Gasteiger charge is 2.16. The molecule has 1 amide bonds. The van der Waals surface area contributed by atoms with Gasteiger partial charge in [-0.1, -0.05) is 0 Å². The van der Waals surface area contributed by atoms with Gasteiger partial charge in [0, 0.05) is 18.8 Å². The monoisotopic (exact) mass is 262 g/mol. The number of rotatable bonds is 4. The fourth-order valence-electron chi connectivity index (χ4n) is 1.65. The van der Waals surface area contributed by atoms with Crippen molar-refractivity contribution in [3.8, 4) is 0 Å². The number of aromatic nitrogens is 1.